The van der Waals surface area contributed by atoms with Crippen molar-refractivity contribution in [1.29, 1.82) is 0 Å². The average molecular weight is 359 g/mol. The van der Waals surface area contributed by atoms with E-state index >= 15 is 0 Å². The lowest BCUT2D eigenvalue weighted by Gasteiger charge is -2.35. The number of benzene rings is 3. The maximum atomic E-state index is 10.2. The molecule has 0 spiro atoms. The van der Waals surface area contributed by atoms with E-state index in [0.717, 1.165) is 43.5 Å². The fourth-order valence-electron chi connectivity index (χ4n) is 4.06. The molecule has 3 heteroatoms. The first-order valence-electron chi connectivity index (χ1n) is 9.55. The predicted octanol–water partition coefficient (Wildman–Crippen LogP) is 4.66. The maximum Gasteiger partial charge on any atom is 0.160 e. The zero-order valence-corrected chi connectivity index (χ0v) is 15.4. The molecule has 3 nitrogen and oxygen atoms in total. The van der Waals surface area contributed by atoms with Crippen molar-refractivity contribution in [1.82, 2.24) is 4.90 Å². The quantitative estimate of drug-likeness (QED) is 0.651. The third kappa shape index (κ3) is 3.99. The van der Waals surface area contributed by atoms with Gasteiger partial charge in [-0.25, -0.2) is 0 Å². The minimum absolute atomic E-state index is 0.0161. The van der Waals surface area contributed by atoms with E-state index < -0.39 is 0 Å². The molecule has 0 heterocycles. The first-order valence-corrected chi connectivity index (χ1v) is 9.55. The molecule has 1 unspecified atom stereocenters. The van der Waals surface area contributed by atoms with Gasteiger partial charge in [-0.05, 0) is 42.0 Å². The zero-order chi connectivity index (χ0) is 18.6. The van der Waals surface area contributed by atoms with Crippen LogP contribution in [-0.4, -0.2) is 21.2 Å². The van der Waals surface area contributed by atoms with E-state index in [1.165, 1.54) is 11.1 Å². The largest absolute Gasteiger partial charge is 0.504 e. The summed E-state index contributed by atoms with van der Waals surface area (Å²) in [6, 6.07) is 25.2. The van der Waals surface area contributed by atoms with Crippen LogP contribution in [0, 0.1) is 0 Å². The Hall–Kier alpha value is -2.78. The Bertz CT molecular complexity index is 852. The van der Waals surface area contributed by atoms with Crippen LogP contribution in [0.25, 0.3) is 0 Å². The summed E-state index contributed by atoms with van der Waals surface area (Å²) in [7, 11) is 0. The van der Waals surface area contributed by atoms with E-state index in [1.807, 2.05) is 6.07 Å². The van der Waals surface area contributed by atoms with Crippen molar-refractivity contribution in [2.24, 2.45) is 0 Å². The fraction of sp³-hybridized carbons (Fsp3) is 0.250. The molecule has 0 amide bonds. The summed E-state index contributed by atoms with van der Waals surface area (Å²) in [5, 5.41) is 20.0. The second-order valence-corrected chi connectivity index (χ2v) is 7.34. The minimum Gasteiger partial charge on any atom is -0.504 e. The van der Waals surface area contributed by atoms with Crippen molar-refractivity contribution in [3.63, 3.8) is 0 Å². The van der Waals surface area contributed by atoms with Crippen LogP contribution in [0.15, 0.2) is 72.8 Å². The molecule has 27 heavy (non-hydrogen) atoms. The molecule has 1 aliphatic carbocycles. The summed E-state index contributed by atoms with van der Waals surface area (Å²) in [6.45, 7) is 1.81. The van der Waals surface area contributed by atoms with Gasteiger partial charge in [-0.15, -0.1) is 0 Å². The number of hydrogen-bond donors (Lipinski definition) is 2. The number of aromatic hydroxyl groups is 2. The molecule has 0 bridgehead atoms. The Labute approximate surface area is 160 Å². The molecule has 1 atom stereocenters. The van der Waals surface area contributed by atoms with Crippen molar-refractivity contribution in [2.75, 3.05) is 0 Å². The van der Waals surface area contributed by atoms with Crippen molar-refractivity contribution in [3.05, 3.63) is 95.1 Å². The van der Waals surface area contributed by atoms with Gasteiger partial charge in [0.2, 0.25) is 0 Å². The minimum atomic E-state index is -0.0161. The second-order valence-electron chi connectivity index (χ2n) is 7.34. The van der Waals surface area contributed by atoms with Crippen LogP contribution in [0.5, 0.6) is 11.5 Å². The molecule has 3 aromatic rings. The number of fused-ring (bicyclic) bond motifs is 1. The first kappa shape index (κ1) is 17.6. The smallest absolute Gasteiger partial charge is 0.160 e. The van der Waals surface area contributed by atoms with Crippen molar-refractivity contribution >= 4 is 0 Å². The predicted molar refractivity (Wildman–Crippen MR) is 108 cm³/mol. The summed E-state index contributed by atoms with van der Waals surface area (Å²) in [6.07, 6.45) is 2.66. The van der Waals surface area contributed by atoms with Gasteiger partial charge in [-0.2, -0.15) is 0 Å². The monoisotopic (exact) mass is 359 g/mol. The molecule has 2 N–H and O–H groups in total. The van der Waals surface area contributed by atoms with Gasteiger partial charge >= 0.3 is 0 Å². The normalized spacial score (nSPS) is 16.3. The molecular formula is C24H25NO2. The zero-order valence-electron chi connectivity index (χ0n) is 15.4. The highest BCUT2D eigenvalue weighted by Gasteiger charge is 2.27. The molecule has 138 valence electrons. The van der Waals surface area contributed by atoms with Crippen LogP contribution in [0.2, 0.25) is 0 Å². The van der Waals surface area contributed by atoms with Gasteiger partial charge < -0.3 is 10.2 Å². The fourth-order valence-corrected chi connectivity index (χ4v) is 4.06. The topological polar surface area (TPSA) is 43.7 Å². The molecule has 0 saturated heterocycles. The molecule has 1 aliphatic rings. The van der Waals surface area contributed by atoms with E-state index in [-0.39, 0.29) is 11.5 Å². The van der Waals surface area contributed by atoms with Gasteiger partial charge in [0.1, 0.15) is 0 Å². The molecule has 0 aliphatic heterocycles. The summed E-state index contributed by atoms with van der Waals surface area (Å²) in [5.74, 6) is 0.0428. The molecule has 0 radical (unpaired) electrons. The third-order valence-corrected chi connectivity index (χ3v) is 5.51. The van der Waals surface area contributed by atoms with E-state index in [0.29, 0.717) is 6.04 Å². The van der Waals surface area contributed by atoms with Gasteiger partial charge in [0, 0.05) is 24.7 Å². The van der Waals surface area contributed by atoms with Crippen LogP contribution in [0.4, 0.5) is 0 Å². The van der Waals surface area contributed by atoms with Gasteiger partial charge in [-0.3, -0.25) is 4.90 Å². The van der Waals surface area contributed by atoms with Crippen LogP contribution in [0.3, 0.4) is 0 Å². The number of nitrogens with zero attached hydrogens (tertiary/aromatic N) is 1. The highest BCUT2D eigenvalue weighted by atomic mass is 16.3. The number of phenolic OH excluding ortho intramolecular Hbond substituents is 2. The number of rotatable bonds is 5. The Morgan fingerprint density at radius 1 is 0.778 bits per heavy atom. The maximum absolute atomic E-state index is 10.2. The molecule has 0 aromatic heterocycles. The van der Waals surface area contributed by atoms with E-state index in [9.17, 15) is 10.2 Å². The van der Waals surface area contributed by atoms with Crippen LogP contribution >= 0.6 is 0 Å². The number of phenols is 2. The molecule has 0 fully saturated rings. The van der Waals surface area contributed by atoms with Crippen molar-refractivity contribution in [2.45, 2.75) is 38.4 Å². The second kappa shape index (κ2) is 7.85. The average Bonchev–Trinajstić information content (AvgIpc) is 2.72. The Morgan fingerprint density at radius 2 is 1.37 bits per heavy atom. The highest BCUT2D eigenvalue weighted by molar-refractivity contribution is 5.50. The summed E-state index contributed by atoms with van der Waals surface area (Å²) in [4.78, 5) is 2.54. The Kier molecular flexibility index (Phi) is 5.12. The molecule has 0 saturated carbocycles. The van der Waals surface area contributed by atoms with Crippen LogP contribution < -0.4 is 0 Å². The summed E-state index contributed by atoms with van der Waals surface area (Å²) < 4.78 is 0. The highest BCUT2D eigenvalue weighted by Crippen LogP contribution is 2.37. The molecular weight excluding hydrogens is 334 g/mol. The molecule has 3 aromatic carbocycles. The number of hydrogen-bond acceptors (Lipinski definition) is 3. The van der Waals surface area contributed by atoms with Gasteiger partial charge in [0.15, 0.2) is 11.5 Å². The van der Waals surface area contributed by atoms with E-state index in [1.54, 1.807) is 6.07 Å². The van der Waals surface area contributed by atoms with Gasteiger partial charge in [-0.1, -0.05) is 66.7 Å². The van der Waals surface area contributed by atoms with Gasteiger partial charge in [0.25, 0.3) is 0 Å². The Balaban J connectivity index is 1.59. The van der Waals surface area contributed by atoms with Crippen LogP contribution in [0.1, 0.15) is 28.7 Å². The van der Waals surface area contributed by atoms with Crippen molar-refractivity contribution < 1.29 is 10.2 Å². The van der Waals surface area contributed by atoms with Gasteiger partial charge in [0.05, 0.1) is 0 Å². The van der Waals surface area contributed by atoms with E-state index in [2.05, 4.69) is 65.6 Å². The lowest BCUT2D eigenvalue weighted by molar-refractivity contribution is 0.161. The lowest BCUT2D eigenvalue weighted by atomic mass is 9.86. The SMILES string of the molecule is Oc1ccc2c(c1O)CCC(N(Cc1ccccc1)Cc1ccccc1)C2. The summed E-state index contributed by atoms with van der Waals surface area (Å²) >= 11 is 0. The van der Waals surface area contributed by atoms with Crippen molar-refractivity contribution in [3.8, 4) is 11.5 Å². The standard InChI is InChI=1S/C24H25NO2/c26-23-14-11-20-15-21(12-13-22(20)24(23)27)25(16-18-7-3-1-4-8-18)17-19-9-5-2-6-10-19/h1-11,14,21,26-27H,12-13,15-17H2. The van der Waals surface area contributed by atoms with Crippen LogP contribution in [-0.2, 0) is 25.9 Å². The third-order valence-electron chi connectivity index (χ3n) is 5.51. The summed E-state index contributed by atoms with van der Waals surface area (Å²) in [5.41, 5.74) is 4.68. The Morgan fingerprint density at radius 3 is 1.96 bits per heavy atom. The van der Waals surface area contributed by atoms with E-state index in [4.69, 9.17) is 0 Å². The molecule has 4 rings (SSSR count). The lowest BCUT2D eigenvalue weighted by Crippen LogP contribution is -2.38. The first-order chi connectivity index (χ1) is 13.2.